The van der Waals surface area contributed by atoms with Gasteiger partial charge in [0.05, 0.1) is 24.0 Å². The number of aromatic nitrogens is 4. The summed E-state index contributed by atoms with van der Waals surface area (Å²) in [4.78, 5) is 22.4. The standard InChI is InChI=1S/C20H28N6O2/c1-20(2,3)26-17-14(12-22-26)18(27)24-19(23-17)21-13-15(16-8-7-11-28-16)25-9-5-4-6-10-25/h7-8,11-12,15H,4-6,9-10,13H2,1-3H3,(H2,21,23,24,27). The van der Waals surface area contributed by atoms with E-state index in [-0.39, 0.29) is 17.1 Å². The summed E-state index contributed by atoms with van der Waals surface area (Å²) >= 11 is 0. The van der Waals surface area contributed by atoms with Crippen LogP contribution in [-0.4, -0.2) is 44.3 Å². The second-order valence-corrected chi connectivity index (χ2v) is 8.39. The second kappa shape index (κ2) is 7.43. The van der Waals surface area contributed by atoms with Gasteiger partial charge in [-0.05, 0) is 58.8 Å². The van der Waals surface area contributed by atoms with Gasteiger partial charge in [-0.3, -0.25) is 14.7 Å². The van der Waals surface area contributed by atoms with E-state index in [1.54, 1.807) is 17.1 Å². The topological polar surface area (TPSA) is 92.0 Å². The van der Waals surface area contributed by atoms with Crippen molar-refractivity contribution in [3.05, 3.63) is 40.7 Å². The number of hydrogen-bond acceptors (Lipinski definition) is 6. The van der Waals surface area contributed by atoms with E-state index < -0.39 is 0 Å². The molecule has 0 radical (unpaired) electrons. The molecule has 2 N–H and O–H groups in total. The lowest BCUT2D eigenvalue weighted by atomic mass is 10.1. The Kier molecular flexibility index (Phi) is 4.97. The average molecular weight is 384 g/mol. The molecule has 4 rings (SSSR count). The minimum atomic E-state index is -0.260. The van der Waals surface area contributed by atoms with Crippen LogP contribution in [0.3, 0.4) is 0 Å². The minimum absolute atomic E-state index is 0.101. The number of furan rings is 1. The van der Waals surface area contributed by atoms with Crippen LogP contribution in [0, 0.1) is 0 Å². The third kappa shape index (κ3) is 3.69. The number of piperidine rings is 1. The monoisotopic (exact) mass is 384 g/mol. The maximum atomic E-state index is 12.5. The van der Waals surface area contributed by atoms with Gasteiger partial charge >= 0.3 is 0 Å². The molecule has 1 aliphatic heterocycles. The summed E-state index contributed by atoms with van der Waals surface area (Å²) in [5.41, 5.74) is 0.145. The number of nitrogens with one attached hydrogen (secondary N) is 2. The highest BCUT2D eigenvalue weighted by Crippen LogP contribution is 2.25. The van der Waals surface area contributed by atoms with Crippen molar-refractivity contribution in [3.63, 3.8) is 0 Å². The number of likely N-dealkylation sites (tertiary alicyclic amines) is 1. The molecule has 0 aliphatic carbocycles. The van der Waals surface area contributed by atoms with Crippen LogP contribution in [0.1, 0.15) is 51.8 Å². The molecule has 8 nitrogen and oxygen atoms in total. The Hall–Kier alpha value is -2.61. The summed E-state index contributed by atoms with van der Waals surface area (Å²) in [6.45, 7) is 8.82. The number of rotatable bonds is 5. The largest absolute Gasteiger partial charge is 0.468 e. The SMILES string of the molecule is CC(C)(C)n1ncc2c(=O)[nH]c(NCC(c3ccco3)N3CCCCC3)nc21. The third-order valence-corrected chi connectivity index (χ3v) is 5.24. The van der Waals surface area contributed by atoms with E-state index in [1.807, 2.05) is 32.9 Å². The second-order valence-electron chi connectivity index (χ2n) is 8.39. The molecule has 1 unspecified atom stereocenters. The van der Waals surface area contributed by atoms with Gasteiger partial charge in [0.1, 0.15) is 11.1 Å². The highest BCUT2D eigenvalue weighted by atomic mass is 16.3. The smallest absolute Gasteiger partial charge is 0.263 e. The normalized spacial score (nSPS) is 17.1. The van der Waals surface area contributed by atoms with Gasteiger partial charge in [-0.1, -0.05) is 6.42 Å². The van der Waals surface area contributed by atoms with Crippen molar-refractivity contribution >= 4 is 17.0 Å². The molecule has 1 aliphatic rings. The first-order valence-electron chi connectivity index (χ1n) is 9.93. The molecule has 0 aromatic carbocycles. The Bertz CT molecular complexity index is 976. The highest BCUT2D eigenvalue weighted by molar-refractivity contribution is 5.74. The van der Waals surface area contributed by atoms with Crippen LogP contribution >= 0.6 is 0 Å². The van der Waals surface area contributed by atoms with E-state index >= 15 is 0 Å². The van der Waals surface area contributed by atoms with Gasteiger partial charge < -0.3 is 9.73 Å². The summed E-state index contributed by atoms with van der Waals surface area (Å²) < 4.78 is 7.48. The molecule has 3 aromatic rings. The van der Waals surface area contributed by atoms with E-state index in [2.05, 4.69) is 25.3 Å². The predicted molar refractivity (Wildman–Crippen MR) is 109 cm³/mol. The van der Waals surface area contributed by atoms with Gasteiger partial charge in [0, 0.05) is 6.54 Å². The zero-order valence-electron chi connectivity index (χ0n) is 16.7. The van der Waals surface area contributed by atoms with Crippen LogP contribution in [0.2, 0.25) is 0 Å². The Morgan fingerprint density at radius 1 is 1.29 bits per heavy atom. The lowest BCUT2D eigenvalue weighted by Crippen LogP contribution is -2.37. The zero-order valence-corrected chi connectivity index (χ0v) is 16.7. The molecule has 4 heterocycles. The van der Waals surface area contributed by atoms with E-state index in [0.29, 0.717) is 23.5 Å². The van der Waals surface area contributed by atoms with E-state index in [1.165, 1.54) is 19.3 Å². The van der Waals surface area contributed by atoms with Crippen LogP contribution in [0.5, 0.6) is 0 Å². The molecule has 3 aromatic heterocycles. The lowest BCUT2D eigenvalue weighted by molar-refractivity contribution is 0.152. The van der Waals surface area contributed by atoms with Crippen molar-refractivity contribution < 1.29 is 4.42 Å². The van der Waals surface area contributed by atoms with Crippen molar-refractivity contribution in [1.29, 1.82) is 0 Å². The molecule has 1 fully saturated rings. The molecule has 0 bridgehead atoms. The zero-order chi connectivity index (χ0) is 19.7. The molecule has 28 heavy (non-hydrogen) atoms. The third-order valence-electron chi connectivity index (χ3n) is 5.24. The number of anilines is 1. The molecular weight excluding hydrogens is 356 g/mol. The molecule has 8 heteroatoms. The molecule has 150 valence electrons. The van der Waals surface area contributed by atoms with Crippen LogP contribution in [-0.2, 0) is 5.54 Å². The quantitative estimate of drug-likeness (QED) is 0.702. The van der Waals surface area contributed by atoms with Gasteiger partial charge in [-0.15, -0.1) is 0 Å². The van der Waals surface area contributed by atoms with Crippen molar-refractivity contribution in [3.8, 4) is 0 Å². The number of fused-ring (bicyclic) bond motifs is 1. The number of aromatic amines is 1. The van der Waals surface area contributed by atoms with Crippen LogP contribution in [0.25, 0.3) is 11.0 Å². The molecule has 0 spiro atoms. The van der Waals surface area contributed by atoms with E-state index in [4.69, 9.17) is 4.42 Å². The fraction of sp³-hybridized carbons (Fsp3) is 0.550. The number of nitrogens with zero attached hydrogens (tertiary/aromatic N) is 4. The van der Waals surface area contributed by atoms with Crippen LogP contribution < -0.4 is 10.9 Å². The minimum Gasteiger partial charge on any atom is -0.468 e. The molecular formula is C20H28N6O2. The maximum Gasteiger partial charge on any atom is 0.263 e. The molecule has 0 amide bonds. The molecule has 1 saturated heterocycles. The van der Waals surface area contributed by atoms with Crippen molar-refractivity contribution in [2.24, 2.45) is 0 Å². The van der Waals surface area contributed by atoms with Gasteiger partial charge in [0.25, 0.3) is 5.56 Å². The van der Waals surface area contributed by atoms with Gasteiger partial charge in [0.2, 0.25) is 5.95 Å². The first-order chi connectivity index (χ1) is 13.4. The summed E-state index contributed by atoms with van der Waals surface area (Å²) in [6.07, 6.45) is 6.96. The van der Waals surface area contributed by atoms with Crippen LogP contribution in [0.4, 0.5) is 5.95 Å². The van der Waals surface area contributed by atoms with E-state index in [0.717, 1.165) is 18.8 Å². The molecule has 1 atom stereocenters. The van der Waals surface area contributed by atoms with Crippen molar-refractivity contribution in [2.45, 2.75) is 51.6 Å². The maximum absolute atomic E-state index is 12.5. The lowest BCUT2D eigenvalue weighted by Gasteiger charge is -2.33. The van der Waals surface area contributed by atoms with Crippen molar-refractivity contribution in [1.82, 2.24) is 24.6 Å². The summed E-state index contributed by atoms with van der Waals surface area (Å²) in [5.74, 6) is 1.38. The Balaban J connectivity index is 1.60. The average Bonchev–Trinajstić information content (AvgIpc) is 3.32. The van der Waals surface area contributed by atoms with Gasteiger partial charge in [-0.2, -0.15) is 10.1 Å². The Morgan fingerprint density at radius 3 is 2.75 bits per heavy atom. The fourth-order valence-electron chi connectivity index (χ4n) is 3.81. The van der Waals surface area contributed by atoms with Crippen LogP contribution in [0.15, 0.2) is 33.8 Å². The summed E-state index contributed by atoms with van der Waals surface area (Å²) in [7, 11) is 0. The first-order valence-corrected chi connectivity index (χ1v) is 9.93. The Labute approximate surface area is 163 Å². The fourth-order valence-corrected chi connectivity index (χ4v) is 3.81. The number of H-pyrrole nitrogens is 1. The first kappa shape index (κ1) is 18.7. The summed E-state index contributed by atoms with van der Waals surface area (Å²) in [6, 6.07) is 4.03. The van der Waals surface area contributed by atoms with Gasteiger partial charge in [-0.25, -0.2) is 4.68 Å². The number of hydrogen-bond donors (Lipinski definition) is 2. The van der Waals surface area contributed by atoms with Gasteiger partial charge in [0.15, 0.2) is 5.65 Å². The molecule has 0 saturated carbocycles. The predicted octanol–water partition coefficient (Wildman–Crippen LogP) is 3.11. The van der Waals surface area contributed by atoms with E-state index in [9.17, 15) is 4.79 Å². The highest BCUT2D eigenvalue weighted by Gasteiger charge is 2.25. The Morgan fingerprint density at radius 2 is 2.07 bits per heavy atom. The van der Waals surface area contributed by atoms with Crippen molar-refractivity contribution in [2.75, 3.05) is 25.0 Å². The summed E-state index contributed by atoms with van der Waals surface area (Å²) in [5, 5.41) is 8.18.